The summed E-state index contributed by atoms with van der Waals surface area (Å²) in [7, 11) is 4.07. The van der Waals surface area contributed by atoms with Crippen LogP contribution in [0.1, 0.15) is 24.0 Å². The number of nitrogens with one attached hydrogen (secondary N) is 1. The van der Waals surface area contributed by atoms with Crippen molar-refractivity contribution in [2.45, 2.75) is 38.9 Å². The Kier molecular flexibility index (Phi) is 6.97. The lowest BCUT2D eigenvalue weighted by molar-refractivity contribution is 0.171. The van der Waals surface area contributed by atoms with Gasteiger partial charge in [-0.2, -0.15) is 0 Å². The lowest BCUT2D eigenvalue weighted by Crippen LogP contribution is -2.43. The summed E-state index contributed by atoms with van der Waals surface area (Å²) in [5, 5.41) is 4.86. The van der Waals surface area contributed by atoms with Crippen LogP contribution < -0.4 is 25.2 Å². The van der Waals surface area contributed by atoms with Gasteiger partial charge in [-0.25, -0.2) is 0 Å². The Hall–Kier alpha value is -3.03. The summed E-state index contributed by atoms with van der Waals surface area (Å²) in [4.78, 5) is 17.4. The second-order valence-electron chi connectivity index (χ2n) is 9.89. The lowest BCUT2D eigenvalue weighted by Gasteiger charge is -2.32. The fraction of sp³-hybridized carbons (Fsp3) is 0.464. The van der Waals surface area contributed by atoms with Gasteiger partial charge in [0.1, 0.15) is 13.2 Å². The van der Waals surface area contributed by atoms with Crippen molar-refractivity contribution in [2.24, 2.45) is 0 Å². The molecule has 35 heavy (non-hydrogen) atoms. The van der Waals surface area contributed by atoms with E-state index in [9.17, 15) is 4.79 Å². The molecule has 0 bridgehead atoms. The number of anilines is 1. The minimum Gasteiger partial charge on any atom is -0.486 e. The smallest absolute Gasteiger partial charge is 0.251 e. The van der Waals surface area contributed by atoms with Crippen LogP contribution in [0.5, 0.6) is 11.5 Å². The molecule has 2 aliphatic rings. The Morgan fingerprint density at radius 1 is 0.971 bits per heavy atom. The van der Waals surface area contributed by atoms with Gasteiger partial charge in [-0.1, -0.05) is 12.1 Å². The zero-order valence-corrected chi connectivity index (χ0v) is 21.0. The Labute approximate surface area is 207 Å². The molecule has 0 aliphatic carbocycles. The van der Waals surface area contributed by atoms with Gasteiger partial charge in [-0.3, -0.25) is 4.79 Å². The molecule has 0 saturated carbocycles. The molecule has 0 unspecified atom stereocenters. The van der Waals surface area contributed by atoms with Crippen LogP contribution in [0.15, 0.2) is 47.3 Å². The van der Waals surface area contributed by atoms with E-state index in [0.29, 0.717) is 25.8 Å². The van der Waals surface area contributed by atoms with Crippen LogP contribution >= 0.6 is 0 Å². The standard InChI is InChI=1S/C28H36N4O3/c1-20-16-28(33)32(25-18-23(30(2)3)5-6-24(20)25)13-12-31-10-8-22(9-11-31)29-19-21-4-7-26-27(17-21)35-15-14-34-26/h4-7,16-18,22,29H,8-15,19H2,1-3H3. The Balaban J connectivity index is 1.16. The number of aryl methyl sites for hydroxylation is 1. The van der Waals surface area contributed by atoms with Gasteiger partial charge in [0.05, 0.1) is 5.52 Å². The maximum absolute atomic E-state index is 12.9. The first-order valence-electron chi connectivity index (χ1n) is 12.6. The van der Waals surface area contributed by atoms with E-state index in [2.05, 4.69) is 45.4 Å². The summed E-state index contributed by atoms with van der Waals surface area (Å²) in [6, 6.07) is 14.9. The number of rotatable bonds is 7. The number of piperidine rings is 1. The molecule has 2 aliphatic heterocycles. The number of nitrogens with zero attached hydrogens (tertiary/aromatic N) is 3. The molecule has 1 saturated heterocycles. The molecule has 2 aromatic carbocycles. The van der Waals surface area contributed by atoms with Crippen LogP contribution in [0.4, 0.5) is 5.69 Å². The van der Waals surface area contributed by atoms with Crippen LogP contribution in [0.3, 0.4) is 0 Å². The maximum atomic E-state index is 12.9. The summed E-state index contributed by atoms with van der Waals surface area (Å²) >= 11 is 0. The summed E-state index contributed by atoms with van der Waals surface area (Å²) < 4.78 is 13.3. The summed E-state index contributed by atoms with van der Waals surface area (Å²) in [5.41, 5.74) is 4.48. The number of ether oxygens (including phenoxy) is 2. The molecular formula is C28H36N4O3. The monoisotopic (exact) mass is 476 g/mol. The van der Waals surface area contributed by atoms with Gasteiger partial charge in [0, 0.05) is 56.9 Å². The molecule has 0 amide bonds. The number of likely N-dealkylation sites (tertiary alicyclic amines) is 1. The summed E-state index contributed by atoms with van der Waals surface area (Å²) in [6.07, 6.45) is 2.22. The number of hydrogen-bond acceptors (Lipinski definition) is 6. The van der Waals surface area contributed by atoms with Gasteiger partial charge in [0.2, 0.25) is 0 Å². The number of aromatic nitrogens is 1. The first kappa shape index (κ1) is 23.7. The van der Waals surface area contributed by atoms with E-state index in [4.69, 9.17) is 9.47 Å². The number of benzene rings is 2. The normalized spacial score (nSPS) is 16.5. The Morgan fingerprint density at radius 2 is 1.74 bits per heavy atom. The molecule has 3 aromatic rings. The highest BCUT2D eigenvalue weighted by Crippen LogP contribution is 2.30. The Bertz CT molecular complexity index is 1240. The SMILES string of the molecule is Cc1cc(=O)n(CCN2CCC(NCc3ccc4c(c3)OCCO4)CC2)c2cc(N(C)C)ccc12. The molecule has 0 radical (unpaired) electrons. The molecule has 0 spiro atoms. The van der Waals surface area contributed by atoms with Crippen LogP contribution in [0, 0.1) is 6.92 Å². The molecule has 5 rings (SSSR count). The van der Waals surface area contributed by atoms with Gasteiger partial charge < -0.3 is 29.2 Å². The molecule has 1 fully saturated rings. The largest absolute Gasteiger partial charge is 0.486 e. The highest BCUT2D eigenvalue weighted by Gasteiger charge is 2.20. The second kappa shape index (κ2) is 10.3. The Morgan fingerprint density at radius 3 is 2.51 bits per heavy atom. The highest BCUT2D eigenvalue weighted by atomic mass is 16.6. The third-order valence-corrected chi connectivity index (χ3v) is 7.25. The molecule has 7 nitrogen and oxygen atoms in total. The van der Waals surface area contributed by atoms with Crippen molar-refractivity contribution in [3.63, 3.8) is 0 Å². The van der Waals surface area contributed by atoms with E-state index in [1.807, 2.05) is 31.7 Å². The zero-order valence-electron chi connectivity index (χ0n) is 21.0. The fourth-order valence-electron chi connectivity index (χ4n) is 5.11. The molecule has 7 heteroatoms. The number of hydrogen-bond donors (Lipinski definition) is 1. The van der Waals surface area contributed by atoms with Crippen molar-refractivity contribution in [1.29, 1.82) is 0 Å². The molecule has 1 aromatic heterocycles. The topological polar surface area (TPSA) is 59.0 Å². The minimum atomic E-state index is 0.0851. The van der Waals surface area contributed by atoms with E-state index in [1.165, 1.54) is 5.56 Å². The fourth-order valence-corrected chi connectivity index (χ4v) is 5.11. The second-order valence-corrected chi connectivity index (χ2v) is 9.89. The minimum absolute atomic E-state index is 0.0851. The van der Waals surface area contributed by atoms with Crippen molar-refractivity contribution in [1.82, 2.24) is 14.8 Å². The average Bonchev–Trinajstić information content (AvgIpc) is 2.87. The molecule has 3 heterocycles. The first-order valence-corrected chi connectivity index (χ1v) is 12.6. The van der Waals surface area contributed by atoms with Crippen LogP contribution in [0.25, 0.3) is 10.9 Å². The predicted molar refractivity (Wildman–Crippen MR) is 141 cm³/mol. The van der Waals surface area contributed by atoms with E-state index < -0.39 is 0 Å². The first-order chi connectivity index (χ1) is 17.0. The van der Waals surface area contributed by atoms with Crippen molar-refractivity contribution in [3.8, 4) is 11.5 Å². The average molecular weight is 477 g/mol. The molecule has 186 valence electrons. The third kappa shape index (κ3) is 5.31. The van der Waals surface area contributed by atoms with Gasteiger partial charge in [-0.05, 0) is 68.2 Å². The van der Waals surface area contributed by atoms with Gasteiger partial charge >= 0.3 is 0 Å². The van der Waals surface area contributed by atoms with Crippen LogP contribution in [0.2, 0.25) is 0 Å². The molecule has 1 N–H and O–H groups in total. The lowest BCUT2D eigenvalue weighted by atomic mass is 10.0. The van der Waals surface area contributed by atoms with Gasteiger partial charge in [0.15, 0.2) is 11.5 Å². The van der Waals surface area contributed by atoms with Crippen molar-refractivity contribution in [2.75, 3.05) is 51.8 Å². The quantitative estimate of drug-likeness (QED) is 0.564. The zero-order chi connectivity index (χ0) is 24.4. The molecule has 0 atom stereocenters. The van der Waals surface area contributed by atoms with Crippen molar-refractivity contribution >= 4 is 16.6 Å². The van der Waals surface area contributed by atoms with E-state index >= 15 is 0 Å². The third-order valence-electron chi connectivity index (χ3n) is 7.25. The van der Waals surface area contributed by atoms with E-state index in [0.717, 1.165) is 72.7 Å². The van der Waals surface area contributed by atoms with Crippen LogP contribution in [-0.2, 0) is 13.1 Å². The summed E-state index contributed by atoms with van der Waals surface area (Å²) in [6.45, 7) is 7.77. The van der Waals surface area contributed by atoms with Gasteiger partial charge in [-0.15, -0.1) is 0 Å². The van der Waals surface area contributed by atoms with Gasteiger partial charge in [0.25, 0.3) is 5.56 Å². The van der Waals surface area contributed by atoms with E-state index in [1.54, 1.807) is 6.07 Å². The number of fused-ring (bicyclic) bond motifs is 2. The predicted octanol–water partition coefficient (Wildman–Crippen LogP) is 3.40. The molecular weight excluding hydrogens is 440 g/mol. The van der Waals surface area contributed by atoms with Crippen molar-refractivity contribution < 1.29 is 9.47 Å². The summed E-state index contributed by atoms with van der Waals surface area (Å²) in [5.74, 6) is 1.69. The maximum Gasteiger partial charge on any atom is 0.251 e. The highest BCUT2D eigenvalue weighted by molar-refractivity contribution is 5.85. The van der Waals surface area contributed by atoms with E-state index in [-0.39, 0.29) is 5.56 Å². The van der Waals surface area contributed by atoms with Crippen LogP contribution in [-0.4, -0.2) is 62.5 Å². The van der Waals surface area contributed by atoms with Crippen molar-refractivity contribution in [3.05, 3.63) is 63.9 Å². The number of pyridine rings is 1.